The van der Waals surface area contributed by atoms with Crippen LogP contribution in [0.15, 0.2) is 24.4 Å². The van der Waals surface area contributed by atoms with Crippen molar-refractivity contribution in [3.8, 4) is 0 Å². The summed E-state index contributed by atoms with van der Waals surface area (Å²) in [6.45, 7) is 2.53. The van der Waals surface area contributed by atoms with Gasteiger partial charge in [0.05, 0.1) is 10.0 Å². The molecule has 7 heteroatoms. The number of aromatic nitrogens is 1. The Balaban J connectivity index is 2.18. The molecule has 0 aromatic carbocycles. The van der Waals surface area contributed by atoms with Crippen LogP contribution in [0.25, 0.3) is 0 Å². The van der Waals surface area contributed by atoms with Gasteiger partial charge in [-0.1, -0.05) is 11.6 Å². The Morgan fingerprint density at radius 2 is 2.21 bits per heavy atom. The van der Waals surface area contributed by atoms with E-state index in [-0.39, 0.29) is 10.8 Å². The third-order valence-corrected chi connectivity index (χ3v) is 3.69. The van der Waals surface area contributed by atoms with Gasteiger partial charge in [-0.05, 0) is 25.1 Å². The van der Waals surface area contributed by atoms with Gasteiger partial charge < -0.3 is 15.0 Å². The van der Waals surface area contributed by atoms with E-state index in [9.17, 15) is 9.59 Å². The lowest BCUT2D eigenvalue weighted by Crippen LogP contribution is -2.15. The zero-order valence-corrected chi connectivity index (χ0v) is 11.6. The van der Waals surface area contributed by atoms with Crippen LogP contribution in [-0.4, -0.2) is 21.6 Å². The van der Waals surface area contributed by atoms with Gasteiger partial charge in [-0.25, -0.2) is 4.79 Å². The molecule has 2 heterocycles. The molecular formula is C12H11ClN2O3S. The number of halogens is 1. The Kier molecular flexibility index (Phi) is 3.92. The number of hydrogen-bond donors (Lipinski definition) is 2. The molecule has 0 unspecified atom stereocenters. The van der Waals surface area contributed by atoms with Gasteiger partial charge >= 0.3 is 5.97 Å². The molecular weight excluding hydrogens is 288 g/mol. The van der Waals surface area contributed by atoms with Crippen molar-refractivity contribution in [2.75, 3.05) is 5.32 Å². The number of hydrogen-bond acceptors (Lipinski definition) is 3. The van der Waals surface area contributed by atoms with Crippen LogP contribution in [0.5, 0.6) is 0 Å². The molecule has 100 valence electrons. The van der Waals surface area contributed by atoms with Crippen molar-refractivity contribution >= 4 is 39.8 Å². The highest BCUT2D eigenvalue weighted by molar-refractivity contribution is 7.18. The number of aromatic carboxylic acids is 1. The standard InChI is InChI=1S/C12H11ClN2O3S/c1-2-15-6-7(13)5-8(15)11(16)14-10-4-3-9(19-10)12(17)18/h3-6H,2H2,1H3,(H,14,16)(H,17,18). The van der Waals surface area contributed by atoms with Crippen molar-refractivity contribution in [1.29, 1.82) is 0 Å². The van der Waals surface area contributed by atoms with Gasteiger partial charge in [0.25, 0.3) is 5.91 Å². The van der Waals surface area contributed by atoms with E-state index in [0.717, 1.165) is 11.3 Å². The molecule has 0 aliphatic carbocycles. The number of carboxylic acid groups (broad SMARTS) is 1. The molecule has 0 aliphatic heterocycles. The summed E-state index contributed by atoms with van der Waals surface area (Å²) in [5.74, 6) is -1.32. The Morgan fingerprint density at radius 1 is 1.47 bits per heavy atom. The molecule has 0 fully saturated rings. The minimum atomic E-state index is -1.01. The molecule has 0 bridgehead atoms. The fourth-order valence-electron chi connectivity index (χ4n) is 1.62. The summed E-state index contributed by atoms with van der Waals surface area (Å²) in [7, 11) is 0. The van der Waals surface area contributed by atoms with Crippen LogP contribution >= 0.6 is 22.9 Å². The largest absolute Gasteiger partial charge is 0.477 e. The van der Waals surface area contributed by atoms with E-state index >= 15 is 0 Å². The van der Waals surface area contributed by atoms with E-state index < -0.39 is 5.97 Å². The van der Waals surface area contributed by atoms with Gasteiger partial charge in [0.1, 0.15) is 10.6 Å². The minimum Gasteiger partial charge on any atom is -0.477 e. The lowest BCUT2D eigenvalue weighted by atomic mass is 10.4. The second-order valence-electron chi connectivity index (χ2n) is 3.75. The number of nitrogens with one attached hydrogen (secondary N) is 1. The zero-order valence-electron chi connectivity index (χ0n) is 10.0. The molecule has 2 aromatic heterocycles. The topological polar surface area (TPSA) is 71.3 Å². The summed E-state index contributed by atoms with van der Waals surface area (Å²) < 4.78 is 1.73. The van der Waals surface area contributed by atoms with Crippen LogP contribution < -0.4 is 5.32 Å². The molecule has 0 saturated carbocycles. The van der Waals surface area contributed by atoms with Crippen molar-refractivity contribution in [3.05, 3.63) is 40.0 Å². The van der Waals surface area contributed by atoms with Crippen LogP contribution in [-0.2, 0) is 6.54 Å². The van der Waals surface area contributed by atoms with Crippen LogP contribution in [0.1, 0.15) is 27.1 Å². The normalized spacial score (nSPS) is 10.4. The third kappa shape index (κ3) is 2.97. The number of carboxylic acids is 1. The quantitative estimate of drug-likeness (QED) is 0.910. The number of anilines is 1. The highest BCUT2D eigenvalue weighted by Gasteiger charge is 2.14. The average Bonchev–Trinajstić information content (AvgIpc) is 2.95. The Hall–Kier alpha value is -1.79. The van der Waals surface area contributed by atoms with E-state index in [1.54, 1.807) is 22.9 Å². The molecule has 0 spiro atoms. The number of nitrogens with zero attached hydrogens (tertiary/aromatic N) is 1. The first-order valence-corrected chi connectivity index (χ1v) is 6.71. The second kappa shape index (κ2) is 5.46. The highest BCUT2D eigenvalue weighted by Crippen LogP contribution is 2.23. The summed E-state index contributed by atoms with van der Waals surface area (Å²) >= 11 is 6.87. The van der Waals surface area contributed by atoms with Crippen molar-refractivity contribution in [3.63, 3.8) is 0 Å². The molecule has 2 rings (SSSR count). The monoisotopic (exact) mass is 298 g/mol. The van der Waals surface area contributed by atoms with Crippen LogP contribution in [0, 0.1) is 0 Å². The maximum absolute atomic E-state index is 12.1. The molecule has 1 amide bonds. The summed E-state index contributed by atoms with van der Waals surface area (Å²) in [6.07, 6.45) is 1.67. The molecule has 0 atom stereocenters. The number of aryl methyl sites for hydroxylation is 1. The fourth-order valence-corrected chi connectivity index (χ4v) is 2.58. The molecule has 0 radical (unpaired) electrons. The zero-order chi connectivity index (χ0) is 14.0. The predicted octanol–water partition coefficient (Wildman–Crippen LogP) is 3.17. The van der Waals surface area contributed by atoms with Crippen molar-refractivity contribution in [1.82, 2.24) is 4.57 Å². The SMILES string of the molecule is CCn1cc(Cl)cc1C(=O)Nc1ccc(C(=O)O)s1. The van der Waals surface area contributed by atoms with Gasteiger partial charge in [0, 0.05) is 12.7 Å². The molecule has 2 N–H and O–H groups in total. The molecule has 0 aliphatic rings. The third-order valence-electron chi connectivity index (χ3n) is 2.49. The van der Waals surface area contributed by atoms with E-state index in [1.807, 2.05) is 6.92 Å². The van der Waals surface area contributed by atoms with Gasteiger partial charge in [-0.3, -0.25) is 4.79 Å². The van der Waals surface area contributed by atoms with Gasteiger partial charge in [-0.15, -0.1) is 11.3 Å². The summed E-state index contributed by atoms with van der Waals surface area (Å²) in [5.41, 5.74) is 0.442. The lowest BCUT2D eigenvalue weighted by Gasteiger charge is -2.05. The van der Waals surface area contributed by atoms with Crippen molar-refractivity contribution < 1.29 is 14.7 Å². The number of thiophene rings is 1. The van der Waals surface area contributed by atoms with E-state index in [0.29, 0.717) is 22.3 Å². The van der Waals surface area contributed by atoms with Crippen LogP contribution in [0.3, 0.4) is 0 Å². The lowest BCUT2D eigenvalue weighted by molar-refractivity contribution is 0.0702. The van der Waals surface area contributed by atoms with Gasteiger partial charge in [0.15, 0.2) is 0 Å². The number of amides is 1. The highest BCUT2D eigenvalue weighted by atomic mass is 35.5. The van der Waals surface area contributed by atoms with E-state index in [2.05, 4.69) is 5.32 Å². The van der Waals surface area contributed by atoms with E-state index in [1.165, 1.54) is 6.07 Å². The summed E-state index contributed by atoms with van der Waals surface area (Å²) in [4.78, 5) is 23.0. The number of rotatable bonds is 4. The first kappa shape index (κ1) is 13.6. The first-order chi connectivity index (χ1) is 9.01. The Bertz CT molecular complexity index is 633. The molecule has 5 nitrogen and oxygen atoms in total. The minimum absolute atomic E-state index is 0.180. The van der Waals surface area contributed by atoms with Crippen LogP contribution in [0.4, 0.5) is 5.00 Å². The van der Waals surface area contributed by atoms with Crippen LogP contribution in [0.2, 0.25) is 5.02 Å². The second-order valence-corrected chi connectivity index (χ2v) is 5.27. The first-order valence-electron chi connectivity index (χ1n) is 5.51. The Morgan fingerprint density at radius 3 is 2.79 bits per heavy atom. The average molecular weight is 299 g/mol. The van der Waals surface area contributed by atoms with E-state index in [4.69, 9.17) is 16.7 Å². The summed E-state index contributed by atoms with van der Waals surface area (Å²) in [5, 5.41) is 12.4. The van der Waals surface area contributed by atoms with Gasteiger partial charge in [0.2, 0.25) is 0 Å². The Labute approximate surface area is 118 Å². The maximum Gasteiger partial charge on any atom is 0.345 e. The van der Waals surface area contributed by atoms with Crippen molar-refractivity contribution in [2.45, 2.75) is 13.5 Å². The fraction of sp³-hybridized carbons (Fsp3) is 0.167. The predicted molar refractivity (Wildman–Crippen MR) is 74.3 cm³/mol. The van der Waals surface area contributed by atoms with Crippen molar-refractivity contribution in [2.24, 2.45) is 0 Å². The molecule has 19 heavy (non-hydrogen) atoms. The number of carbonyl (C=O) groups excluding carboxylic acids is 1. The molecule has 2 aromatic rings. The van der Waals surface area contributed by atoms with Gasteiger partial charge in [-0.2, -0.15) is 0 Å². The summed E-state index contributed by atoms with van der Waals surface area (Å²) in [6, 6.07) is 4.59. The smallest absolute Gasteiger partial charge is 0.345 e. The maximum atomic E-state index is 12.1. The number of carbonyl (C=O) groups is 2. The molecule has 0 saturated heterocycles.